The van der Waals surface area contributed by atoms with Gasteiger partial charge < -0.3 is 9.47 Å². The Bertz CT molecular complexity index is 727. The fourth-order valence-corrected chi connectivity index (χ4v) is 4.16. The Morgan fingerprint density at radius 2 is 2.12 bits per heavy atom. The predicted molar refractivity (Wildman–Crippen MR) is 96.1 cm³/mol. The molecule has 140 valence electrons. The largest absolute Gasteiger partial charge is 0.489 e. The van der Waals surface area contributed by atoms with Crippen molar-refractivity contribution in [1.29, 1.82) is 0 Å². The fraction of sp³-hybridized carbons (Fsp3) is 0.571. The highest BCUT2D eigenvalue weighted by molar-refractivity contribution is 6.10. The van der Waals surface area contributed by atoms with Crippen LogP contribution in [0.25, 0.3) is 0 Å². The molecule has 0 aromatic carbocycles. The van der Waals surface area contributed by atoms with Gasteiger partial charge in [0.1, 0.15) is 24.1 Å². The van der Waals surface area contributed by atoms with Crippen molar-refractivity contribution in [1.82, 2.24) is 0 Å². The summed E-state index contributed by atoms with van der Waals surface area (Å²) in [5, 5.41) is 0. The van der Waals surface area contributed by atoms with Gasteiger partial charge in [-0.15, -0.1) is 0 Å². The molecule has 0 unspecified atom stereocenters. The van der Waals surface area contributed by atoms with E-state index in [9.17, 15) is 14.4 Å². The van der Waals surface area contributed by atoms with E-state index in [0.29, 0.717) is 24.2 Å². The predicted octanol–water partition coefficient (Wildman–Crippen LogP) is 3.44. The van der Waals surface area contributed by atoms with Crippen LogP contribution in [0.2, 0.25) is 0 Å². The van der Waals surface area contributed by atoms with Gasteiger partial charge in [0.2, 0.25) is 5.78 Å². The van der Waals surface area contributed by atoms with Gasteiger partial charge in [0.25, 0.3) is 0 Å². The molecule has 5 heteroatoms. The zero-order chi connectivity index (χ0) is 18.9. The van der Waals surface area contributed by atoms with Crippen LogP contribution in [0.15, 0.2) is 35.1 Å². The molecule has 5 nitrogen and oxygen atoms in total. The van der Waals surface area contributed by atoms with E-state index in [1.54, 1.807) is 6.92 Å². The fourth-order valence-electron chi connectivity index (χ4n) is 4.16. The molecular weight excluding hydrogens is 332 g/mol. The van der Waals surface area contributed by atoms with Gasteiger partial charge in [0.15, 0.2) is 5.60 Å². The van der Waals surface area contributed by atoms with Crippen LogP contribution in [0.1, 0.15) is 52.9 Å². The summed E-state index contributed by atoms with van der Waals surface area (Å²) in [5.74, 6) is -1.45. The van der Waals surface area contributed by atoms with Gasteiger partial charge in [-0.1, -0.05) is 25.8 Å². The molecule has 3 rings (SSSR count). The zero-order valence-corrected chi connectivity index (χ0v) is 15.7. The summed E-state index contributed by atoms with van der Waals surface area (Å²) in [4.78, 5) is 38.2. The molecule has 0 bridgehead atoms. The van der Waals surface area contributed by atoms with E-state index in [-0.39, 0.29) is 18.2 Å². The van der Waals surface area contributed by atoms with Crippen LogP contribution in [-0.2, 0) is 23.9 Å². The second-order valence-corrected chi connectivity index (χ2v) is 7.41. The summed E-state index contributed by atoms with van der Waals surface area (Å²) in [7, 11) is 0. The quantitative estimate of drug-likeness (QED) is 0.413. The van der Waals surface area contributed by atoms with Gasteiger partial charge in [-0.2, -0.15) is 0 Å². The Balaban J connectivity index is 1.89. The smallest absolute Gasteiger partial charge is 0.317 e. The van der Waals surface area contributed by atoms with Gasteiger partial charge in [-0.05, 0) is 44.4 Å². The molecule has 0 saturated carbocycles. The minimum atomic E-state index is -1.25. The van der Waals surface area contributed by atoms with Crippen molar-refractivity contribution in [2.75, 3.05) is 6.61 Å². The van der Waals surface area contributed by atoms with E-state index >= 15 is 0 Å². The molecule has 3 atom stereocenters. The van der Waals surface area contributed by atoms with Gasteiger partial charge in [-0.25, -0.2) is 0 Å². The lowest BCUT2D eigenvalue weighted by Crippen LogP contribution is -2.48. The van der Waals surface area contributed by atoms with Crippen molar-refractivity contribution in [2.24, 2.45) is 11.8 Å². The highest BCUT2D eigenvalue weighted by Crippen LogP contribution is 2.48. The number of ketones is 2. The Morgan fingerprint density at radius 3 is 2.81 bits per heavy atom. The highest BCUT2D eigenvalue weighted by atomic mass is 16.6. The number of ether oxygens (including phenoxy) is 2. The summed E-state index contributed by atoms with van der Waals surface area (Å²) in [6.45, 7) is 5.79. The normalized spacial score (nSPS) is 30.7. The first-order valence-electron chi connectivity index (χ1n) is 9.42. The van der Waals surface area contributed by atoms with Gasteiger partial charge >= 0.3 is 5.97 Å². The first-order chi connectivity index (χ1) is 12.4. The van der Waals surface area contributed by atoms with E-state index in [4.69, 9.17) is 9.47 Å². The molecule has 26 heavy (non-hydrogen) atoms. The van der Waals surface area contributed by atoms with Crippen molar-refractivity contribution >= 4 is 17.5 Å². The molecule has 0 amide bonds. The Hall–Kier alpha value is -2.17. The lowest BCUT2D eigenvalue weighted by molar-refractivity contribution is -0.157. The monoisotopic (exact) mass is 358 g/mol. The van der Waals surface area contributed by atoms with Crippen molar-refractivity contribution in [3.8, 4) is 0 Å². The molecule has 1 fully saturated rings. The molecule has 2 aliphatic heterocycles. The number of esters is 1. The minimum Gasteiger partial charge on any atom is -0.489 e. The minimum absolute atomic E-state index is 0.0984. The van der Waals surface area contributed by atoms with Crippen molar-refractivity contribution in [2.45, 2.75) is 58.5 Å². The molecule has 0 radical (unpaired) electrons. The molecule has 0 aromatic heterocycles. The maximum absolute atomic E-state index is 13.0. The van der Waals surface area contributed by atoms with Crippen molar-refractivity contribution in [3.63, 3.8) is 0 Å². The van der Waals surface area contributed by atoms with Crippen molar-refractivity contribution in [3.05, 3.63) is 35.1 Å². The topological polar surface area (TPSA) is 69.7 Å². The third kappa shape index (κ3) is 3.04. The number of rotatable bonds is 6. The van der Waals surface area contributed by atoms with Crippen molar-refractivity contribution < 1.29 is 23.9 Å². The summed E-state index contributed by atoms with van der Waals surface area (Å²) >= 11 is 0. The number of Topliss-reactive ketones (excluding diaryl/α,β-unsaturated/α-hetero) is 2. The number of hydrogen-bond donors (Lipinski definition) is 0. The Kier molecular flexibility index (Phi) is 5.17. The zero-order valence-electron chi connectivity index (χ0n) is 15.7. The van der Waals surface area contributed by atoms with Crippen LogP contribution in [-0.4, -0.2) is 29.7 Å². The Morgan fingerprint density at radius 1 is 1.35 bits per heavy atom. The second kappa shape index (κ2) is 7.22. The van der Waals surface area contributed by atoms with Crippen LogP contribution < -0.4 is 0 Å². The van der Waals surface area contributed by atoms with E-state index in [0.717, 1.165) is 24.8 Å². The third-order valence-corrected chi connectivity index (χ3v) is 5.63. The number of hydrogen-bond acceptors (Lipinski definition) is 5. The molecular formula is C21H26O5. The number of allylic oxidation sites excluding steroid dienone is 4. The second-order valence-electron chi connectivity index (χ2n) is 7.41. The van der Waals surface area contributed by atoms with Crippen LogP contribution in [0, 0.1) is 11.8 Å². The summed E-state index contributed by atoms with van der Waals surface area (Å²) in [6.07, 6.45) is 9.13. The summed E-state index contributed by atoms with van der Waals surface area (Å²) < 4.78 is 11.1. The Labute approximate surface area is 154 Å². The molecule has 0 aromatic rings. The van der Waals surface area contributed by atoms with Crippen LogP contribution >= 0.6 is 0 Å². The summed E-state index contributed by atoms with van der Waals surface area (Å²) in [6, 6.07) is 0. The maximum atomic E-state index is 13.0. The number of carbonyl (C=O) groups excluding carboxylic acids is 3. The highest BCUT2D eigenvalue weighted by Gasteiger charge is 2.61. The van der Waals surface area contributed by atoms with E-state index in [2.05, 4.69) is 6.92 Å². The lowest BCUT2D eigenvalue weighted by Gasteiger charge is -2.37. The molecule has 1 saturated heterocycles. The first-order valence-corrected chi connectivity index (χ1v) is 9.42. The lowest BCUT2D eigenvalue weighted by atomic mass is 9.67. The first kappa shape index (κ1) is 18.6. The van der Waals surface area contributed by atoms with Crippen LogP contribution in [0.5, 0.6) is 0 Å². The summed E-state index contributed by atoms with van der Waals surface area (Å²) in [5.41, 5.74) is 0.168. The average Bonchev–Trinajstić information content (AvgIpc) is 2.86. The maximum Gasteiger partial charge on any atom is 0.317 e. The number of unbranched alkanes of at least 4 members (excludes halogenated alkanes) is 2. The van der Waals surface area contributed by atoms with Gasteiger partial charge in [-0.3, -0.25) is 14.4 Å². The molecule has 3 aliphatic rings. The third-order valence-electron chi connectivity index (χ3n) is 5.63. The van der Waals surface area contributed by atoms with E-state index in [1.165, 1.54) is 0 Å². The number of carbonyl (C=O) groups is 3. The average molecular weight is 358 g/mol. The van der Waals surface area contributed by atoms with Crippen LogP contribution in [0.4, 0.5) is 0 Å². The molecule has 1 aliphatic carbocycles. The standard InChI is InChI=1S/C21H26O5/c1-4-6-7-9-17(22)18-16-11-13-10-14(8-5-2)25-12-15(13)19(23)21(16,3)26-20(18)24/h5,8,10,16,18H,4,6-7,9,11-12H2,1-3H3/t16-,18+,21-/m1/s1. The number of fused-ring (bicyclic) bond motifs is 1. The van der Waals surface area contributed by atoms with E-state index < -0.39 is 23.4 Å². The molecule has 0 N–H and O–H groups in total. The van der Waals surface area contributed by atoms with E-state index in [1.807, 2.05) is 25.2 Å². The molecule has 0 spiro atoms. The van der Waals surface area contributed by atoms with Gasteiger partial charge in [0.05, 0.1) is 0 Å². The van der Waals surface area contributed by atoms with Gasteiger partial charge in [0, 0.05) is 17.9 Å². The van der Waals surface area contributed by atoms with Crippen LogP contribution in [0.3, 0.4) is 0 Å². The molecule has 2 heterocycles. The SMILES string of the molecule is CC=CC1=CC2=C(CO1)C(=O)[C@]1(C)OC(=O)[C@H](C(=O)CCCCC)[C@H]1C2.